The normalized spacial score (nSPS) is 25.9. The van der Waals surface area contributed by atoms with Gasteiger partial charge in [-0.2, -0.15) is 0 Å². The molecule has 0 aromatic carbocycles. The van der Waals surface area contributed by atoms with Crippen molar-refractivity contribution in [2.24, 2.45) is 5.92 Å². The zero-order valence-corrected chi connectivity index (χ0v) is 11.6. The van der Waals surface area contributed by atoms with Crippen LogP contribution in [0.4, 0.5) is 0 Å². The molecule has 1 rings (SSSR count). The summed E-state index contributed by atoms with van der Waals surface area (Å²) < 4.78 is 0. The molecule has 1 N–H and O–H groups in total. The van der Waals surface area contributed by atoms with Crippen molar-refractivity contribution in [3.8, 4) is 0 Å². The minimum atomic E-state index is 0.684. The van der Waals surface area contributed by atoms with E-state index in [4.69, 9.17) is 0 Å². The molecule has 1 fully saturated rings. The highest BCUT2D eigenvalue weighted by atomic mass is 15.1. The highest BCUT2D eigenvalue weighted by molar-refractivity contribution is 4.83. The van der Waals surface area contributed by atoms with Crippen LogP contribution in [-0.4, -0.2) is 37.1 Å². The Hall–Kier alpha value is -0.0800. The van der Waals surface area contributed by atoms with Crippen molar-refractivity contribution >= 4 is 0 Å². The van der Waals surface area contributed by atoms with Crippen LogP contribution in [-0.2, 0) is 0 Å². The Labute approximate surface area is 102 Å². The summed E-state index contributed by atoms with van der Waals surface area (Å²) in [5.41, 5.74) is 0. The van der Waals surface area contributed by atoms with Crippen LogP contribution in [0.15, 0.2) is 0 Å². The first kappa shape index (κ1) is 14.0. The number of nitrogens with zero attached hydrogens (tertiary/aromatic N) is 1. The first-order valence-corrected chi connectivity index (χ1v) is 7.08. The molecular weight excluding hydrogens is 196 g/mol. The van der Waals surface area contributed by atoms with Gasteiger partial charge < -0.3 is 10.2 Å². The Morgan fingerprint density at radius 1 is 1.31 bits per heavy atom. The fraction of sp³-hybridized carbons (Fsp3) is 1.00. The van der Waals surface area contributed by atoms with Crippen molar-refractivity contribution < 1.29 is 0 Å². The van der Waals surface area contributed by atoms with Gasteiger partial charge in [0.15, 0.2) is 0 Å². The summed E-state index contributed by atoms with van der Waals surface area (Å²) in [6, 6.07) is 1.49. The van der Waals surface area contributed by atoms with Gasteiger partial charge in [0.1, 0.15) is 0 Å². The van der Waals surface area contributed by atoms with Crippen LogP contribution < -0.4 is 5.32 Å². The number of rotatable bonds is 7. The quantitative estimate of drug-likeness (QED) is 0.718. The van der Waals surface area contributed by atoms with Crippen LogP contribution in [0, 0.1) is 5.92 Å². The zero-order valence-electron chi connectivity index (χ0n) is 11.6. The minimum absolute atomic E-state index is 0.684. The molecule has 0 bridgehead atoms. The maximum absolute atomic E-state index is 3.72. The van der Waals surface area contributed by atoms with Gasteiger partial charge >= 0.3 is 0 Å². The SMILES string of the molecule is CCCNC1CCCC1CCN(C)C(C)C. The van der Waals surface area contributed by atoms with Crippen LogP contribution in [0.3, 0.4) is 0 Å². The van der Waals surface area contributed by atoms with Crippen molar-refractivity contribution in [2.75, 3.05) is 20.1 Å². The van der Waals surface area contributed by atoms with Gasteiger partial charge in [-0.15, -0.1) is 0 Å². The Kier molecular flexibility index (Phi) is 6.37. The largest absolute Gasteiger partial charge is 0.314 e. The lowest BCUT2D eigenvalue weighted by atomic mass is 9.99. The lowest BCUT2D eigenvalue weighted by molar-refractivity contribution is 0.240. The molecule has 96 valence electrons. The predicted octanol–water partition coefficient (Wildman–Crippen LogP) is 2.89. The second-order valence-electron chi connectivity index (χ2n) is 5.61. The van der Waals surface area contributed by atoms with Gasteiger partial charge in [0.2, 0.25) is 0 Å². The molecule has 2 heteroatoms. The monoisotopic (exact) mass is 226 g/mol. The van der Waals surface area contributed by atoms with Gasteiger partial charge in [-0.05, 0) is 65.6 Å². The van der Waals surface area contributed by atoms with E-state index in [0.717, 1.165) is 12.0 Å². The smallest absolute Gasteiger partial charge is 0.00958 e. The topological polar surface area (TPSA) is 15.3 Å². The van der Waals surface area contributed by atoms with Crippen molar-refractivity contribution in [3.63, 3.8) is 0 Å². The summed E-state index contributed by atoms with van der Waals surface area (Å²) in [5, 5.41) is 3.72. The van der Waals surface area contributed by atoms with Crippen LogP contribution in [0.2, 0.25) is 0 Å². The molecule has 1 aliphatic carbocycles. The third-order valence-corrected chi connectivity index (χ3v) is 4.05. The van der Waals surface area contributed by atoms with E-state index in [1.54, 1.807) is 0 Å². The van der Waals surface area contributed by atoms with E-state index in [2.05, 4.69) is 38.0 Å². The maximum atomic E-state index is 3.72. The zero-order chi connectivity index (χ0) is 12.0. The van der Waals surface area contributed by atoms with E-state index >= 15 is 0 Å². The predicted molar refractivity (Wildman–Crippen MR) is 71.8 cm³/mol. The Morgan fingerprint density at radius 3 is 2.69 bits per heavy atom. The average molecular weight is 226 g/mol. The van der Waals surface area contributed by atoms with Crippen molar-refractivity contribution in [2.45, 2.75) is 65.0 Å². The summed E-state index contributed by atoms with van der Waals surface area (Å²) in [7, 11) is 2.24. The van der Waals surface area contributed by atoms with Gasteiger partial charge in [-0.25, -0.2) is 0 Å². The summed E-state index contributed by atoms with van der Waals surface area (Å²) >= 11 is 0. The van der Waals surface area contributed by atoms with Gasteiger partial charge in [0, 0.05) is 12.1 Å². The van der Waals surface area contributed by atoms with E-state index in [9.17, 15) is 0 Å². The number of hydrogen-bond acceptors (Lipinski definition) is 2. The third kappa shape index (κ3) is 4.42. The number of nitrogens with one attached hydrogen (secondary N) is 1. The molecule has 16 heavy (non-hydrogen) atoms. The molecule has 0 aromatic heterocycles. The second kappa shape index (κ2) is 7.29. The fourth-order valence-electron chi connectivity index (χ4n) is 2.61. The fourth-order valence-corrected chi connectivity index (χ4v) is 2.61. The van der Waals surface area contributed by atoms with Crippen LogP contribution in [0.1, 0.15) is 52.9 Å². The molecule has 0 spiro atoms. The van der Waals surface area contributed by atoms with Gasteiger partial charge in [0.25, 0.3) is 0 Å². The molecule has 0 saturated heterocycles. The summed E-state index contributed by atoms with van der Waals surface area (Å²) in [6.07, 6.45) is 6.89. The van der Waals surface area contributed by atoms with Crippen LogP contribution >= 0.6 is 0 Å². The molecule has 2 atom stereocenters. The molecule has 2 unspecified atom stereocenters. The maximum Gasteiger partial charge on any atom is 0.00958 e. The van der Waals surface area contributed by atoms with Gasteiger partial charge in [-0.1, -0.05) is 13.3 Å². The van der Waals surface area contributed by atoms with Crippen molar-refractivity contribution in [1.82, 2.24) is 10.2 Å². The molecule has 0 heterocycles. The average Bonchev–Trinajstić information content (AvgIpc) is 2.70. The van der Waals surface area contributed by atoms with E-state index < -0.39 is 0 Å². The lowest BCUT2D eigenvalue weighted by Gasteiger charge is -2.26. The highest BCUT2D eigenvalue weighted by Gasteiger charge is 2.26. The molecule has 0 radical (unpaired) electrons. The molecule has 2 nitrogen and oxygen atoms in total. The molecule has 1 aliphatic rings. The highest BCUT2D eigenvalue weighted by Crippen LogP contribution is 2.28. The lowest BCUT2D eigenvalue weighted by Crippen LogP contribution is -2.35. The van der Waals surface area contributed by atoms with Crippen LogP contribution in [0.25, 0.3) is 0 Å². The number of hydrogen-bond donors (Lipinski definition) is 1. The molecule has 0 aromatic rings. The van der Waals surface area contributed by atoms with E-state index in [-0.39, 0.29) is 0 Å². The first-order valence-electron chi connectivity index (χ1n) is 7.08. The summed E-state index contributed by atoms with van der Waals surface area (Å²) in [6.45, 7) is 9.26. The van der Waals surface area contributed by atoms with E-state index in [1.807, 2.05) is 0 Å². The molecule has 0 amide bonds. The van der Waals surface area contributed by atoms with Crippen molar-refractivity contribution in [1.29, 1.82) is 0 Å². The standard InChI is InChI=1S/C14H30N2/c1-5-10-15-14-8-6-7-13(14)9-11-16(4)12(2)3/h12-15H,5-11H2,1-4H3. The minimum Gasteiger partial charge on any atom is -0.314 e. The van der Waals surface area contributed by atoms with Gasteiger partial charge in [0.05, 0.1) is 0 Å². The van der Waals surface area contributed by atoms with Crippen LogP contribution in [0.5, 0.6) is 0 Å². The third-order valence-electron chi connectivity index (χ3n) is 4.05. The molecule has 0 aliphatic heterocycles. The van der Waals surface area contributed by atoms with Crippen molar-refractivity contribution in [3.05, 3.63) is 0 Å². The summed E-state index contributed by atoms with van der Waals surface area (Å²) in [5.74, 6) is 0.924. The van der Waals surface area contributed by atoms with E-state index in [0.29, 0.717) is 6.04 Å². The molecule has 1 saturated carbocycles. The second-order valence-corrected chi connectivity index (χ2v) is 5.61. The van der Waals surface area contributed by atoms with Gasteiger partial charge in [-0.3, -0.25) is 0 Å². The van der Waals surface area contributed by atoms with E-state index in [1.165, 1.54) is 45.2 Å². The Balaban J connectivity index is 2.24. The molecular formula is C14H30N2. The Bertz CT molecular complexity index is 180. The Morgan fingerprint density at radius 2 is 2.06 bits per heavy atom. The summed E-state index contributed by atoms with van der Waals surface area (Å²) in [4.78, 5) is 2.47. The first-order chi connectivity index (χ1) is 7.65.